The van der Waals surface area contributed by atoms with Crippen LogP contribution in [0.1, 0.15) is 25.0 Å². The van der Waals surface area contributed by atoms with Crippen molar-refractivity contribution in [1.29, 1.82) is 0 Å². The third-order valence-electron chi connectivity index (χ3n) is 3.36. The number of anilines is 3. The van der Waals surface area contributed by atoms with Crippen molar-refractivity contribution in [3.05, 3.63) is 53.6 Å². The minimum absolute atomic E-state index is 0.116. The van der Waals surface area contributed by atoms with Crippen LogP contribution in [0.2, 0.25) is 0 Å². The second-order valence-corrected chi connectivity index (χ2v) is 5.75. The Morgan fingerprint density at radius 3 is 2.05 bits per heavy atom. The van der Waals surface area contributed by atoms with E-state index in [0.29, 0.717) is 0 Å². The summed E-state index contributed by atoms with van der Waals surface area (Å²) in [6, 6.07) is 13.9. The van der Waals surface area contributed by atoms with Crippen LogP contribution in [0.15, 0.2) is 42.5 Å². The molecule has 0 bridgehead atoms. The van der Waals surface area contributed by atoms with Crippen molar-refractivity contribution in [3.8, 4) is 0 Å². The van der Waals surface area contributed by atoms with Crippen LogP contribution in [0, 0.1) is 13.8 Å². The summed E-state index contributed by atoms with van der Waals surface area (Å²) in [5.74, 6) is 0. The van der Waals surface area contributed by atoms with E-state index < -0.39 is 0 Å². The van der Waals surface area contributed by atoms with Crippen LogP contribution < -0.4 is 16.0 Å². The molecule has 0 radical (unpaired) electrons. The van der Waals surface area contributed by atoms with Gasteiger partial charge in [-0.15, -0.1) is 0 Å². The largest absolute Gasteiger partial charge is 0.356 e. The van der Waals surface area contributed by atoms with E-state index in [-0.39, 0.29) is 12.1 Å². The summed E-state index contributed by atoms with van der Waals surface area (Å²) in [4.78, 5) is 11.6. The first kappa shape index (κ1) is 15.9. The fraction of sp³-hybridized carbons (Fsp3) is 0.278. The predicted octanol–water partition coefficient (Wildman–Crippen LogP) is 4.58. The number of hydrogen-bond donors (Lipinski definition) is 3. The number of urea groups is 1. The van der Waals surface area contributed by atoms with Gasteiger partial charge in [-0.25, -0.2) is 4.79 Å². The molecule has 0 saturated heterocycles. The number of carbonyl (C=O) groups excluding carboxylic acids is 1. The maximum Gasteiger partial charge on any atom is 0.319 e. The minimum atomic E-state index is -0.190. The summed E-state index contributed by atoms with van der Waals surface area (Å²) in [6.07, 6.45) is 0. The molecule has 0 saturated carbocycles. The van der Waals surface area contributed by atoms with Crippen molar-refractivity contribution in [2.45, 2.75) is 33.7 Å². The molecule has 2 aromatic rings. The first-order chi connectivity index (χ1) is 10.4. The summed E-state index contributed by atoms with van der Waals surface area (Å²) in [7, 11) is 0. The first-order valence-electron chi connectivity index (χ1n) is 7.46. The first-order valence-corrected chi connectivity index (χ1v) is 7.46. The van der Waals surface area contributed by atoms with E-state index in [0.717, 1.165) is 17.1 Å². The number of amides is 2. The van der Waals surface area contributed by atoms with Gasteiger partial charge >= 0.3 is 6.03 Å². The molecule has 0 aliphatic rings. The van der Waals surface area contributed by atoms with Crippen molar-refractivity contribution < 1.29 is 4.79 Å². The zero-order valence-corrected chi connectivity index (χ0v) is 13.5. The van der Waals surface area contributed by atoms with Gasteiger partial charge in [0.25, 0.3) is 0 Å². The van der Waals surface area contributed by atoms with Crippen LogP contribution in [0.4, 0.5) is 21.9 Å². The fourth-order valence-electron chi connectivity index (χ4n) is 2.05. The molecular formula is C18H23N3O. The topological polar surface area (TPSA) is 53.2 Å². The van der Waals surface area contributed by atoms with Crippen molar-refractivity contribution in [1.82, 2.24) is 5.32 Å². The van der Waals surface area contributed by atoms with Crippen molar-refractivity contribution in [2.24, 2.45) is 0 Å². The Balaban J connectivity index is 1.99. The molecule has 0 unspecified atom stereocenters. The Morgan fingerprint density at radius 1 is 0.864 bits per heavy atom. The Hall–Kier alpha value is -2.49. The van der Waals surface area contributed by atoms with Crippen LogP contribution in [-0.2, 0) is 0 Å². The minimum Gasteiger partial charge on any atom is -0.356 e. The molecular weight excluding hydrogens is 274 g/mol. The summed E-state index contributed by atoms with van der Waals surface area (Å²) < 4.78 is 0. The Kier molecular flexibility index (Phi) is 5.04. The van der Waals surface area contributed by atoms with Gasteiger partial charge in [0.15, 0.2) is 0 Å². The van der Waals surface area contributed by atoms with Gasteiger partial charge in [-0.2, -0.15) is 0 Å². The average molecular weight is 297 g/mol. The van der Waals surface area contributed by atoms with Crippen molar-refractivity contribution >= 4 is 23.1 Å². The van der Waals surface area contributed by atoms with E-state index in [1.54, 1.807) is 0 Å². The Labute approximate surface area is 131 Å². The van der Waals surface area contributed by atoms with Gasteiger partial charge in [0.1, 0.15) is 0 Å². The second kappa shape index (κ2) is 6.98. The molecule has 2 aromatic carbocycles. The molecule has 0 fully saturated rings. The Morgan fingerprint density at radius 2 is 1.45 bits per heavy atom. The second-order valence-electron chi connectivity index (χ2n) is 5.75. The zero-order chi connectivity index (χ0) is 16.1. The summed E-state index contributed by atoms with van der Waals surface area (Å²) in [5.41, 5.74) is 5.35. The lowest BCUT2D eigenvalue weighted by Gasteiger charge is -2.12. The van der Waals surface area contributed by atoms with Gasteiger partial charge in [0, 0.05) is 23.1 Å². The molecule has 0 heterocycles. The molecule has 22 heavy (non-hydrogen) atoms. The van der Waals surface area contributed by atoms with E-state index in [1.165, 1.54) is 11.1 Å². The van der Waals surface area contributed by atoms with Gasteiger partial charge < -0.3 is 16.0 Å². The summed E-state index contributed by atoms with van der Waals surface area (Å²) in [5, 5.41) is 8.95. The third kappa shape index (κ3) is 4.52. The van der Waals surface area contributed by atoms with E-state index >= 15 is 0 Å². The maximum atomic E-state index is 11.6. The standard InChI is InChI=1S/C18H23N3O/c1-12(2)19-18(22)21-16-9-7-15(8-10-16)20-17-6-5-13(3)14(4)11-17/h5-12,20H,1-4H3,(H2,19,21,22). The Bertz CT molecular complexity index is 648. The van der Waals surface area contributed by atoms with E-state index in [2.05, 4.69) is 48.0 Å². The highest BCUT2D eigenvalue weighted by Crippen LogP contribution is 2.21. The smallest absolute Gasteiger partial charge is 0.319 e. The van der Waals surface area contributed by atoms with Crippen LogP contribution in [0.5, 0.6) is 0 Å². The van der Waals surface area contributed by atoms with E-state index in [9.17, 15) is 4.79 Å². The summed E-state index contributed by atoms with van der Waals surface area (Å²) >= 11 is 0. The number of benzene rings is 2. The molecule has 2 amide bonds. The number of carbonyl (C=O) groups is 1. The predicted molar refractivity (Wildman–Crippen MR) is 92.9 cm³/mol. The van der Waals surface area contributed by atoms with Crippen LogP contribution in [0.3, 0.4) is 0 Å². The molecule has 0 aliphatic heterocycles. The molecule has 0 aromatic heterocycles. The highest BCUT2D eigenvalue weighted by atomic mass is 16.2. The van der Waals surface area contributed by atoms with Crippen LogP contribution in [0.25, 0.3) is 0 Å². The number of aryl methyl sites for hydroxylation is 2. The molecule has 0 aliphatic carbocycles. The lowest BCUT2D eigenvalue weighted by Crippen LogP contribution is -2.34. The molecule has 4 heteroatoms. The van der Waals surface area contributed by atoms with E-state index in [1.807, 2.05) is 38.1 Å². The molecule has 4 nitrogen and oxygen atoms in total. The van der Waals surface area contributed by atoms with E-state index in [4.69, 9.17) is 0 Å². The number of hydrogen-bond acceptors (Lipinski definition) is 2. The van der Waals surface area contributed by atoms with Crippen LogP contribution in [-0.4, -0.2) is 12.1 Å². The van der Waals surface area contributed by atoms with Gasteiger partial charge in [-0.1, -0.05) is 6.07 Å². The zero-order valence-electron chi connectivity index (χ0n) is 13.5. The average Bonchev–Trinajstić information content (AvgIpc) is 2.44. The molecule has 116 valence electrons. The third-order valence-corrected chi connectivity index (χ3v) is 3.36. The molecule has 0 spiro atoms. The van der Waals surface area contributed by atoms with Crippen molar-refractivity contribution in [3.63, 3.8) is 0 Å². The molecule has 0 atom stereocenters. The normalized spacial score (nSPS) is 10.4. The van der Waals surface area contributed by atoms with Gasteiger partial charge in [0.05, 0.1) is 0 Å². The number of nitrogens with one attached hydrogen (secondary N) is 3. The van der Waals surface area contributed by atoms with Crippen LogP contribution >= 0.6 is 0 Å². The number of rotatable bonds is 4. The molecule has 2 rings (SSSR count). The van der Waals surface area contributed by atoms with Gasteiger partial charge in [0.2, 0.25) is 0 Å². The monoisotopic (exact) mass is 297 g/mol. The lowest BCUT2D eigenvalue weighted by molar-refractivity contribution is 0.250. The fourth-order valence-corrected chi connectivity index (χ4v) is 2.05. The van der Waals surface area contributed by atoms with Gasteiger partial charge in [-0.3, -0.25) is 0 Å². The molecule has 3 N–H and O–H groups in total. The van der Waals surface area contributed by atoms with Crippen molar-refractivity contribution in [2.75, 3.05) is 10.6 Å². The maximum absolute atomic E-state index is 11.6. The SMILES string of the molecule is Cc1ccc(Nc2ccc(NC(=O)NC(C)C)cc2)cc1C. The highest BCUT2D eigenvalue weighted by molar-refractivity contribution is 5.89. The lowest BCUT2D eigenvalue weighted by atomic mass is 10.1. The summed E-state index contributed by atoms with van der Waals surface area (Å²) in [6.45, 7) is 8.05. The highest BCUT2D eigenvalue weighted by Gasteiger charge is 2.03. The van der Waals surface area contributed by atoms with Gasteiger partial charge in [-0.05, 0) is 75.2 Å². The quantitative estimate of drug-likeness (QED) is 0.774.